The molecular formula is C20H20ClN3O3S. The zero-order valence-electron chi connectivity index (χ0n) is 15.3. The van der Waals surface area contributed by atoms with Crippen LogP contribution in [0.3, 0.4) is 0 Å². The van der Waals surface area contributed by atoms with Crippen LogP contribution in [-0.4, -0.2) is 33.4 Å². The van der Waals surface area contributed by atoms with E-state index in [1.165, 1.54) is 11.8 Å². The molecule has 0 aliphatic carbocycles. The van der Waals surface area contributed by atoms with Gasteiger partial charge in [-0.25, -0.2) is 4.98 Å². The molecule has 1 heterocycles. The molecule has 28 heavy (non-hydrogen) atoms. The van der Waals surface area contributed by atoms with Crippen molar-refractivity contribution in [3.63, 3.8) is 0 Å². The van der Waals surface area contributed by atoms with Gasteiger partial charge in [-0.1, -0.05) is 41.6 Å². The van der Waals surface area contributed by atoms with E-state index in [9.17, 15) is 9.90 Å². The number of nitrogens with one attached hydrogen (secondary N) is 1. The number of aliphatic hydroxyl groups is 1. The first-order valence-corrected chi connectivity index (χ1v) is 9.92. The predicted molar refractivity (Wildman–Crippen MR) is 111 cm³/mol. The summed E-state index contributed by atoms with van der Waals surface area (Å²) in [6, 6.07) is 14.7. The third-order valence-corrected chi connectivity index (χ3v) is 5.13. The summed E-state index contributed by atoms with van der Waals surface area (Å²) < 4.78 is 7.10. The van der Waals surface area contributed by atoms with E-state index in [1.807, 2.05) is 28.8 Å². The molecule has 3 aromatic rings. The van der Waals surface area contributed by atoms with Crippen LogP contribution in [0.4, 0.5) is 5.69 Å². The van der Waals surface area contributed by atoms with Crippen molar-refractivity contribution in [3.05, 3.63) is 71.0 Å². The molecule has 2 N–H and O–H groups in total. The molecule has 0 bridgehead atoms. The van der Waals surface area contributed by atoms with E-state index in [2.05, 4.69) is 10.3 Å². The molecule has 6 nitrogen and oxygen atoms in total. The Labute approximate surface area is 172 Å². The molecule has 8 heteroatoms. The van der Waals surface area contributed by atoms with Gasteiger partial charge in [-0.2, -0.15) is 0 Å². The molecule has 0 aliphatic heterocycles. The van der Waals surface area contributed by atoms with Crippen LogP contribution in [0.2, 0.25) is 5.02 Å². The molecule has 0 saturated heterocycles. The molecule has 2 aromatic carbocycles. The number of aliphatic hydroxyl groups excluding tert-OH is 1. The normalized spacial score (nSPS) is 10.7. The molecule has 0 saturated carbocycles. The third kappa shape index (κ3) is 5.51. The molecule has 1 amide bonds. The SMILES string of the molecule is COc1ccc(Cn2cc(CO)nc2SCC(=O)Nc2cccc(Cl)c2)cc1. The van der Waals surface area contributed by atoms with Crippen molar-refractivity contribution in [1.82, 2.24) is 9.55 Å². The largest absolute Gasteiger partial charge is 0.497 e. The fourth-order valence-corrected chi connectivity index (χ4v) is 3.56. The van der Waals surface area contributed by atoms with Crippen LogP contribution in [0.1, 0.15) is 11.3 Å². The Kier molecular flexibility index (Phi) is 6.97. The predicted octanol–water partition coefficient (Wildman–Crippen LogP) is 3.82. The first-order valence-electron chi connectivity index (χ1n) is 8.55. The summed E-state index contributed by atoms with van der Waals surface area (Å²) in [6.45, 7) is 0.424. The maximum atomic E-state index is 12.2. The molecule has 0 atom stereocenters. The van der Waals surface area contributed by atoms with Crippen molar-refractivity contribution in [2.24, 2.45) is 0 Å². The number of carbonyl (C=O) groups excluding carboxylic acids is 1. The second-order valence-corrected chi connectivity index (χ2v) is 7.38. The van der Waals surface area contributed by atoms with Crippen LogP contribution in [0, 0.1) is 0 Å². The minimum absolute atomic E-state index is 0.155. The number of hydrogen-bond donors (Lipinski definition) is 2. The van der Waals surface area contributed by atoms with E-state index >= 15 is 0 Å². The van der Waals surface area contributed by atoms with Crippen LogP contribution in [0.25, 0.3) is 0 Å². The van der Waals surface area contributed by atoms with E-state index < -0.39 is 0 Å². The lowest BCUT2D eigenvalue weighted by atomic mass is 10.2. The van der Waals surface area contributed by atoms with E-state index in [1.54, 1.807) is 37.6 Å². The molecule has 0 unspecified atom stereocenters. The number of aromatic nitrogens is 2. The first kappa shape index (κ1) is 20.3. The highest BCUT2D eigenvalue weighted by Crippen LogP contribution is 2.21. The van der Waals surface area contributed by atoms with Crippen LogP contribution in [0.5, 0.6) is 5.75 Å². The minimum Gasteiger partial charge on any atom is -0.497 e. The van der Waals surface area contributed by atoms with Crippen LogP contribution < -0.4 is 10.1 Å². The molecule has 0 spiro atoms. The monoisotopic (exact) mass is 417 g/mol. The van der Waals surface area contributed by atoms with Crippen molar-refractivity contribution in [2.45, 2.75) is 18.3 Å². The van der Waals surface area contributed by atoms with Crippen molar-refractivity contribution in [1.29, 1.82) is 0 Å². The number of amides is 1. The fraction of sp³-hybridized carbons (Fsp3) is 0.200. The zero-order valence-corrected chi connectivity index (χ0v) is 16.8. The van der Waals surface area contributed by atoms with E-state index in [0.29, 0.717) is 28.1 Å². The third-order valence-electron chi connectivity index (χ3n) is 3.90. The van der Waals surface area contributed by atoms with Crippen molar-refractivity contribution in [2.75, 3.05) is 18.2 Å². The number of ether oxygens (including phenoxy) is 1. The van der Waals surface area contributed by atoms with E-state index in [4.69, 9.17) is 16.3 Å². The first-order chi connectivity index (χ1) is 13.6. The quantitative estimate of drug-likeness (QED) is 0.545. The van der Waals surface area contributed by atoms with E-state index in [-0.39, 0.29) is 18.3 Å². The number of thioether (sulfide) groups is 1. The molecule has 146 valence electrons. The number of halogens is 1. The number of methoxy groups -OCH3 is 1. The maximum absolute atomic E-state index is 12.2. The fourth-order valence-electron chi connectivity index (χ4n) is 2.58. The molecule has 0 radical (unpaired) electrons. The lowest BCUT2D eigenvalue weighted by molar-refractivity contribution is -0.113. The Morgan fingerprint density at radius 2 is 2.07 bits per heavy atom. The number of anilines is 1. The van der Waals surface area contributed by atoms with Gasteiger partial charge >= 0.3 is 0 Å². The molecule has 0 fully saturated rings. The van der Waals surface area contributed by atoms with E-state index in [0.717, 1.165) is 11.3 Å². The molecule has 1 aromatic heterocycles. The Bertz CT molecular complexity index is 944. The second-order valence-electron chi connectivity index (χ2n) is 6.00. The number of carbonyl (C=O) groups is 1. The number of benzene rings is 2. The maximum Gasteiger partial charge on any atom is 0.234 e. The van der Waals surface area contributed by atoms with Gasteiger partial charge in [0.05, 0.1) is 25.2 Å². The van der Waals surface area contributed by atoms with Crippen molar-refractivity contribution < 1.29 is 14.6 Å². The summed E-state index contributed by atoms with van der Waals surface area (Å²) in [5.74, 6) is 0.825. The Morgan fingerprint density at radius 1 is 1.29 bits per heavy atom. The van der Waals surface area contributed by atoms with Gasteiger partial charge in [0.15, 0.2) is 5.16 Å². The van der Waals surface area contributed by atoms with Gasteiger partial charge in [0.25, 0.3) is 0 Å². The average Bonchev–Trinajstić information content (AvgIpc) is 3.09. The highest BCUT2D eigenvalue weighted by molar-refractivity contribution is 7.99. The number of rotatable bonds is 8. The van der Waals surface area contributed by atoms with Crippen LogP contribution >= 0.6 is 23.4 Å². The van der Waals surface area contributed by atoms with Crippen LogP contribution in [-0.2, 0) is 17.9 Å². The van der Waals surface area contributed by atoms with Crippen molar-refractivity contribution >= 4 is 35.0 Å². The summed E-state index contributed by atoms with van der Waals surface area (Å²) in [4.78, 5) is 16.6. The minimum atomic E-state index is -0.156. The Hall–Kier alpha value is -2.48. The van der Waals surface area contributed by atoms with Gasteiger partial charge in [0.2, 0.25) is 5.91 Å². The van der Waals surface area contributed by atoms with Gasteiger partial charge in [-0.05, 0) is 35.9 Å². The molecule has 0 aliphatic rings. The van der Waals surface area contributed by atoms with Gasteiger partial charge in [0.1, 0.15) is 5.75 Å². The van der Waals surface area contributed by atoms with Gasteiger partial charge in [-0.3, -0.25) is 4.79 Å². The summed E-state index contributed by atoms with van der Waals surface area (Å²) in [7, 11) is 1.63. The Balaban J connectivity index is 1.65. The molecule has 3 rings (SSSR count). The highest BCUT2D eigenvalue weighted by atomic mass is 35.5. The second kappa shape index (κ2) is 9.64. The van der Waals surface area contributed by atoms with Crippen LogP contribution in [0.15, 0.2) is 59.9 Å². The number of hydrogen-bond acceptors (Lipinski definition) is 5. The van der Waals surface area contributed by atoms with Gasteiger partial charge < -0.3 is 19.7 Å². The standard InChI is InChI=1S/C20H20ClN3O3S/c1-27-18-7-5-14(6-8-18)10-24-11-17(12-25)23-20(24)28-13-19(26)22-16-4-2-3-15(21)9-16/h2-9,11,25H,10,12-13H2,1H3,(H,22,26). The lowest BCUT2D eigenvalue weighted by Crippen LogP contribution is -2.14. The smallest absolute Gasteiger partial charge is 0.234 e. The topological polar surface area (TPSA) is 76.4 Å². The summed E-state index contributed by atoms with van der Waals surface area (Å²) in [5.41, 5.74) is 2.27. The van der Waals surface area contributed by atoms with Gasteiger partial charge in [-0.15, -0.1) is 0 Å². The summed E-state index contributed by atoms with van der Waals surface area (Å²) >= 11 is 7.25. The number of nitrogens with zero attached hydrogens (tertiary/aromatic N) is 2. The highest BCUT2D eigenvalue weighted by Gasteiger charge is 2.12. The number of imidazole rings is 1. The Morgan fingerprint density at radius 3 is 2.75 bits per heavy atom. The average molecular weight is 418 g/mol. The van der Waals surface area contributed by atoms with Gasteiger partial charge in [0, 0.05) is 23.5 Å². The molecular weight excluding hydrogens is 398 g/mol. The van der Waals surface area contributed by atoms with Crippen molar-refractivity contribution in [3.8, 4) is 5.75 Å². The summed E-state index contributed by atoms with van der Waals surface area (Å²) in [5, 5.41) is 13.5. The lowest BCUT2D eigenvalue weighted by Gasteiger charge is -2.09. The zero-order chi connectivity index (χ0) is 19.9. The summed E-state index contributed by atoms with van der Waals surface area (Å²) in [6.07, 6.45) is 1.79.